The summed E-state index contributed by atoms with van der Waals surface area (Å²) < 4.78 is 0. The highest BCUT2D eigenvalue weighted by Gasteiger charge is 2.29. The van der Waals surface area contributed by atoms with Crippen LogP contribution in [-0.4, -0.2) is 45.8 Å². The van der Waals surface area contributed by atoms with Crippen LogP contribution in [0.2, 0.25) is 0 Å². The Morgan fingerprint density at radius 1 is 1.33 bits per heavy atom. The summed E-state index contributed by atoms with van der Waals surface area (Å²) in [5.41, 5.74) is -0.0397. The van der Waals surface area contributed by atoms with Crippen LogP contribution in [0.15, 0.2) is 18.2 Å². The van der Waals surface area contributed by atoms with Crippen LogP contribution in [0, 0.1) is 5.92 Å². The lowest BCUT2D eigenvalue weighted by Gasteiger charge is -2.17. The van der Waals surface area contributed by atoms with Gasteiger partial charge in [0.2, 0.25) is 0 Å². The van der Waals surface area contributed by atoms with Crippen molar-refractivity contribution in [3.63, 3.8) is 0 Å². The van der Waals surface area contributed by atoms with E-state index in [0.29, 0.717) is 25.4 Å². The van der Waals surface area contributed by atoms with Crippen LogP contribution in [0.4, 0.5) is 0 Å². The standard InChI is InChI=1S/C13H17NO4/c15-7-5-9-4-6-14(8-9)13(18)12-10(16)2-1-3-11(12)17/h1-3,9,15-17H,4-8H2. The lowest BCUT2D eigenvalue weighted by molar-refractivity contribution is 0.0778. The second-order valence-corrected chi connectivity index (χ2v) is 4.59. The first-order chi connectivity index (χ1) is 8.63. The molecular formula is C13H17NO4. The first-order valence-electron chi connectivity index (χ1n) is 6.04. The van der Waals surface area contributed by atoms with Crippen molar-refractivity contribution >= 4 is 5.91 Å². The fourth-order valence-corrected chi connectivity index (χ4v) is 2.34. The Kier molecular flexibility index (Phi) is 3.72. The van der Waals surface area contributed by atoms with Gasteiger partial charge >= 0.3 is 0 Å². The third-order valence-electron chi connectivity index (χ3n) is 3.34. The highest BCUT2D eigenvalue weighted by molar-refractivity contribution is 5.99. The molecule has 1 aromatic carbocycles. The number of likely N-dealkylation sites (tertiary alicyclic amines) is 1. The van der Waals surface area contributed by atoms with Crippen molar-refractivity contribution in [2.45, 2.75) is 12.8 Å². The number of aliphatic hydroxyl groups excluding tert-OH is 1. The van der Waals surface area contributed by atoms with Crippen molar-refractivity contribution in [2.24, 2.45) is 5.92 Å². The topological polar surface area (TPSA) is 81.0 Å². The van der Waals surface area contributed by atoms with Crippen LogP contribution in [-0.2, 0) is 0 Å². The molecule has 1 saturated heterocycles. The average molecular weight is 251 g/mol. The van der Waals surface area contributed by atoms with E-state index in [1.165, 1.54) is 18.2 Å². The molecule has 1 atom stereocenters. The molecule has 0 radical (unpaired) electrons. The Morgan fingerprint density at radius 2 is 2.00 bits per heavy atom. The Hall–Kier alpha value is -1.75. The molecule has 1 aliphatic heterocycles. The molecule has 1 fully saturated rings. The second-order valence-electron chi connectivity index (χ2n) is 4.59. The van der Waals surface area contributed by atoms with Crippen molar-refractivity contribution in [3.8, 4) is 11.5 Å². The van der Waals surface area contributed by atoms with E-state index in [9.17, 15) is 15.0 Å². The summed E-state index contributed by atoms with van der Waals surface area (Å²) >= 11 is 0. The van der Waals surface area contributed by atoms with Gasteiger partial charge in [-0.3, -0.25) is 4.79 Å². The number of hydrogen-bond acceptors (Lipinski definition) is 4. The number of carbonyl (C=O) groups is 1. The van der Waals surface area contributed by atoms with Crippen LogP contribution in [0.5, 0.6) is 11.5 Å². The fraction of sp³-hybridized carbons (Fsp3) is 0.462. The van der Waals surface area contributed by atoms with Crippen molar-refractivity contribution < 1.29 is 20.1 Å². The molecule has 0 aliphatic carbocycles. The van der Waals surface area contributed by atoms with Gasteiger partial charge in [0, 0.05) is 19.7 Å². The summed E-state index contributed by atoms with van der Waals surface area (Å²) in [5, 5.41) is 28.2. The Labute approximate surface area is 105 Å². The van der Waals surface area contributed by atoms with Crippen molar-refractivity contribution in [2.75, 3.05) is 19.7 Å². The van der Waals surface area contributed by atoms with E-state index in [1.807, 2.05) is 0 Å². The van der Waals surface area contributed by atoms with Crippen molar-refractivity contribution in [1.82, 2.24) is 4.90 Å². The van der Waals surface area contributed by atoms with Crippen LogP contribution in [0.1, 0.15) is 23.2 Å². The first-order valence-corrected chi connectivity index (χ1v) is 6.04. The molecule has 3 N–H and O–H groups in total. The average Bonchev–Trinajstić information content (AvgIpc) is 2.78. The number of carbonyl (C=O) groups excluding carboxylic acids is 1. The van der Waals surface area contributed by atoms with E-state index >= 15 is 0 Å². The first kappa shape index (κ1) is 12.7. The van der Waals surface area contributed by atoms with Crippen LogP contribution >= 0.6 is 0 Å². The van der Waals surface area contributed by atoms with E-state index in [4.69, 9.17) is 5.11 Å². The smallest absolute Gasteiger partial charge is 0.261 e. The normalized spacial score (nSPS) is 19.2. The van der Waals surface area contributed by atoms with E-state index < -0.39 is 0 Å². The molecule has 18 heavy (non-hydrogen) atoms. The van der Waals surface area contributed by atoms with E-state index in [1.54, 1.807) is 4.90 Å². The minimum atomic E-state index is -0.356. The van der Waals surface area contributed by atoms with Gasteiger partial charge in [0.05, 0.1) is 0 Å². The summed E-state index contributed by atoms with van der Waals surface area (Å²) in [6, 6.07) is 4.25. The zero-order valence-electron chi connectivity index (χ0n) is 10.0. The third-order valence-corrected chi connectivity index (χ3v) is 3.34. The number of benzene rings is 1. The maximum absolute atomic E-state index is 12.2. The minimum Gasteiger partial charge on any atom is -0.507 e. The number of aliphatic hydroxyl groups is 1. The van der Waals surface area contributed by atoms with Gasteiger partial charge < -0.3 is 20.2 Å². The van der Waals surface area contributed by atoms with Crippen LogP contribution in [0.25, 0.3) is 0 Å². The number of phenolic OH excluding ortho intramolecular Hbond substituents is 2. The van der Waals surface area contributed by atoms with Crippen LogP contribution in [0.3, 0.4) is 0 Å². The van der Waals surface area contributed by atoms with Gasteiger partial charge in [-0.1, -0.05) is 6.07 Å². The zero-order chi connectivity index (χ0) is 13.1. The molecule has 0 aromatic heterocycles. The van der Waals surface area contributed by atoms with Crippen molar-refractivity contribution in [1.29, 1.82) is 0 Å². The summed E-state index contributed by atoms with van der Waals surface area (Å²) in [6.45, 7) is 1.28. The molecule has 0 spiro atoms. The summed E-state index contributed by atoms with van der Waals surface area (Å²) in [5.74, 6) is -0.464. The molecular weight excluding hydrogens is 234 g/mol. The van der Waals surface area contributed by atoms with Gasteiger partial charge in [-0.2, -0.15) is 0 Å². The molecule has 1 unspecified atom stereocenters. The lowest BCUT2D eigenvalue weighted by Crippen LogP contribution is -2.29. The highest BCUT2D eigenvalue weighted by atomic mass is 16.3. The molecule has 2 rings (SSSR count). The van der Waals surface area contributed by atoms with Crippen LogP contribution < -0.4 is 0 Å². The maximum Gasteiger partial charge on any atom is 0.261 e. The number of aromatic hydroxyl groups is 2. The molecule has 0 saturated carbocycles. The molecule has 1 aromatic rings. The predicted molar refractivity (Wildman–Crippen MR) is 65.5 cm³/mol. The Bertz CT molecular complexity index is 426. The van der Waals surface area contributed by atoms with Gasteiger partial charge in [0.15, 0.2) is 0 Å². The van der Waals surface area contributed by atoms with Gasteiger partial charge in [-0.25, -0.2) is 0 Å². The number of nitrogens with zero attached hydrogens (tertiary/aromatic N) is 1. The molecule has 1 aliphatic rings. The Morgan fingerprint density at radius 3 is 2.61 bits per heavy atom. The SMILES string of the molecule is O=C(c1c(O)cccc1O)N1CCC(CCO)C1. The van der Waals surface area contributed by atoms with Crippen molar-refractivity contribution in [3.05, 3.63) is 23.8 Å². The van der Waals surface area contributed by atoms with Gasteiger partial charge in [-0.15, -0.1) is 0 Å². The zero-order valence-corrected chi connectivity index (χ0v) is 10.0. The fourth-order valence-electron chi connectivity index (χ4n) is 2.34. The molecule has 1 amide bonds. The number of rotatable bonds is 3. The van der Waals surface area contributed by atoms with E-state index in [-0.39, 0.29) is 29.6 Å². The number of amides is 1. The maximum atomic E-state index is 12.2. The third kappa shape index (κ3) is 2.41. The molecule has 0 bridgehead atoms. The van der Waals surface area contributed by atoms with E-state index in [0.717, 1.165) is 6.42 Å². The van der Waals surface area contributed by atoms with Gasteiger partial charge in [0.1, 0.15) is 17.1 Å². The summed E-state index contributed by atoms with van der Waals surface area (Å²) in [6.07, 6.45) is 1.52. The molecule has 1 heterocycles. The minimum absolute atomic E-state index is 0.0397. The summed E-state index contributed by atoms with van der Waals surface area (Å²) in [4.78, 5) is 13.8. The van der Waals surface area contributed by atoms with Gasteiger partial charge in [-0.05, 0) is 30.9 Å². The van der Waals surface area contributed by atoms with E-state index in [2.05, 4.69) is 0 Å². The molecule has 5 heteroatoms. The Balaban J connectivity index is 2.13. The highest BCUT2D eigenvalue weighted by Crippen LogP contribution is 2.30. The quantitative estimate of drug-likeness (QED) is 0.747. The second kappa shape index (κ2) is 5.27. The lowest BCUT2D eigenvalue weighted by atomic mass is 10.1. The number of hydrogen-bond donors (Lipinski definition) is 3. The van der Waals surface area contributed by atoms with Gasteiger partial charge in [0.25, 0.3) is 5.91 Å². The summed E-state index contributed by atoms with van der Waals surface area (Å²) in [7, 11) is 0. The molecule has 98 valence electrons. The predicted octanol–water partition coefficient (Wildman–Crippen LogP) is 0.942. The molecule has 5 nitrogen and oxygen atoms in total. The monoisotopic (exact) mass is 251 g/mol. The largest absolute Gasteiger partial charge is 0.507 e. The number of phenols is 2.